The number of hydrogen-bond acceptors (Lipinski definition) is 5. The number of rotatable bonds is 14. The Kier molecular flexibility index (Phi) is 10.5. The molecule has 0 spiro atoms. The fraction of sp³-hybridized carbons (Fsp3) is 0.273. The lowest BCUT2D eigenvalue weighted by Crippen LogP contribution is -2.43. The lowest BCUT2D eigenvalue weighted by molar-refractivity contribution is -0.384. The highest BCUT2D eigenvalue weighted by Crippen LogP contribution is 2.20. The van der Waals surface area contributed by atoms with E-state index in [2.05, 4.69) is 11.1 Å². The van der Waals surface area contributed by atoms with Crippen LogP contribution in [0.15, 0.2) is 85.1 Å². The maximum Gasteiger partial charge on any atom is 0.269 e. The largest absolute Gasteiger partial charge is 0.497 e. The predicted octanol–water partition coefficient (Wildman–Crippen LogP) is 6.00. The molecule has 0 aliphatic rings. The number of fused-ring (bicyclic) bond motifs is 1. The number of aromatic nitrogens is 1. The topological polar surface area (TPSA) is 109 Å². The second-order valence-electron chi connectivity index (χ2n) is 10.1. The zero-order chi connectivity index (χ0) is 29.9. The van der Waals surface area contributed by atoms with Crippen molar-refractivity contribution >= 4 is 34.5 Å². The highest BCUT2D eigenvalue weighted by atomic mass is 16.6. The number of ether oxygens (including phenoxy) is 1. The van der Waals surface area contributed by atoms with Crippen molar-refractivity contribution in [1.82, 2.24) is 14.8 Å². The summed E-state index contributed by atoms with van der Waals surface area (Å²) in [6.07, 6.45) is 7.32. The highest BCUT2D eigenvalue weighted by Gasteiger charge is 2.21. The first-order valence-corrected chi connectivity index (χ1v) is 14.0. The smallest absolute Gasteiger partial charge is 0.269 e. The van der Waals surface area contributed by atoms with Crippen LogP contribution < -0.4 is 4.74 Å². The van der Waals surface area contributed by atoms with Crippen LogP contribution in [0.5, 0.6) is 5.75 Å². The minimum absolute atomic E-state index is 0.0155. The molecule has 0 unspecified atom stereocenters. The lowest BCUT2D eigenvalue weighted by Gasteiger charge is -2.27. The molecule has 1 aromatic heterocycles. The van der Waals surface area contributed by atoms with Crippen LogP contribution in [-0.2, 0) is 22.6 Å². The Morgan fingerprint density at radius 1 is 0.976 bits per heavy atom. The van der Waals surface area contributed by atoms with E-state index in [0.29, 0.717) is 31.6 Å². The Balaban J connectivity index is 1.50. The first kappa shape index (κ1) is 30.0. The van der Waals surface area contributed by atoms with Crippen molar-refractivity contribution < 1.29 is 19.2 Å². The summed E-state index contributed by atoms with van der Waals surface area (Å²) in [4.78, 5) is 44.1. The molecule has 218 valence electrons. The number of carbonyl (C=O) groups excluding carboxylic acids is 2. The molecule has 0 fully saturated rings. The Hall–Kier alpha value is -4.92. The monoisotopic (exact) mass is 568 g/mol. The molecule has 0 saturated carbocycles. The number of aromatic amines is 1. The fourth-order valence-corrected chi connectivity index (χ4v) is 4.70. The third kappa shape index (κ3) is 8.06. The van der Waals surface area contributed by atoms with Crippen LogP contribution in [0.2, 0.25) is 0 Å². The van der Waals surface area contributed by atoms with Gasteiger partial charge in [0, 0.05) is 54.9 Å². The van der Waals surface area contributed by atoms with Gasteiger partial charge in [0.15, 0.2) is 0 Å². The number of H-pyrrole nitrogens is 1. The van der Waals surface area contributed by atoms with E-state index in [9.17, 15) is 19.7 Å². The SMILES string of the molecule is CCCCN(CC(=O)N(CCc1c[nH]c2ccccc12)Cc1ccc(OC)cc1)C(=O)C=Cc1ccc([N+](=O)[O-])cc1. The van der Waals surface area contributed by atoms with Gasteiger partial charge in [-0.2, -0.15) is 0 Å². The molecule has 0 aliphatic heterocycles. The summed E-state index contributed by atoms with van der Waals surface area (Å²) in [7, 11) is 1.62. The molecule has 9 nitrogen and oxygen atoms in total. The molecule has 4 aromatic rings. The first-order chi connectivity index (χ1) is 20.4. The van der Waals surface area contributed by atoms with Gasteiger partial charge >= 0.3 is 0 Å². The van der Waals surface area contributed by atoms with Crippen molar-refractivity contribution in [1.29, 1.82) is 0 Å². The number of nitrogens with one attached hydrogen (secondary N) is 1. The van der Waals surface area contributed by atoms with E-state index >= 15 is 0 Å². The van der Waals surface area contributed by atoms with Gasteiger partial charge in [0.2, 0.25) is 11.8 Å². The van der Waals surface area contributed by atoms with Crippen LogP contribution in [0.4, 0.5) is 5.69 Å². The Labute approximate surface area is 245 Å². The zero-order valence-corrected chi connectivity index (χ0v) is 24.0. The number of benzene rings is 3. The Bertz CT molecular complexity index is 1530. The molecular weight excluding hydrogens is 532 g/mol. The molecule has 0 bridgehead atoms. The highest BCUT2D eigenvalue weighted by molar-refractivity contribution is 5.94. The molecule has 42 heavy (non-hydrogen) atoms. The number of unbranched alkanes of at least 4 members (excludes halogenated alkanes) is 1. The summed E-state index contributed by atoms with van der Waals surface area (Å²) in [5.41, 5.74) is 3.79. The molecular formula is C33H36N4O5. The summed E-state index contributed by atoms with van der Waals surface area (Å²) in [6.45, 7) is 3.33. The van der Waals surface area contributed by atoms with Gasteiger partial charge < -0.3 is 19.5 Å². The van der Waals surface area contributed by atoms with Crippen molar-refractivity contribution in [3.8, 4) is 5.75 Å². The number of carbonyl (C=O) groups is 2. The number of nitrogens with zero attached hydrogens (tertiary/aromatic N) is 3. The number of methoxy groups -OCH3 is 1. The normalized spacial score (nSPS) is 11.1. The molecule has 4 rings (SSSR count). The van der Waals surface area contributed by atoms with Gasteiger partial charge in [-0.15, -0.1) is 0 Å². The summed E-state index contributed by atoms with van der Waals surface area (Å²) in [6, 6.07) is 21.7. The molecule has 1 N–H and O–H groups in total. The van der Waals surface area contributed by atoms with Gasteiger partial charge in [-0.1, -0.05) is 43.7 Å². The molecule has 0 saturated heterocycles. The van der Waals surface area contributed by atoms with Gasteiger partial charge in [-0.05, 0) is 65.9 Å². The first-order valence-electron chi connectivity index (χ1n) is 14.0. The summed E-state index contributed by atoms with van der Waals surface area (Å²) in [5, 5.41) is 12.1. The van der Waals surface area contributed by atoms with Crippen molar-refractivity contribution in [2.24, 2.45) is 0 Å². The van der Waals surface area contributed by atoms with Crippen LogP contribution in [0.3, 0.4) is 0 Å². The van der Waals surface area contributed by atoms with Crippen LogP contribution in [0.25, 0.3) is 17.0 Å². The van der Waals surface area contributed by atoms with Crippen molar-refractivity contribution in [3.05, 3.63) is 112 Å². The molecule has 0 radical (unpaired) electrons. The van der Waals surface area contributed by atoms with Gasteiger partial charge in [-0.25, -0.2) is 0 Å². The molecule has 0 aliphatic carbocycles. The summed E-state index contributed by atoms with van der Waals surface area (Å²) < 4.78 is 5.28. The molecule has 9 heteroatoms. The number of amides is 2. The van der Waals surface area contributed by atoms with E-state index in [0.717, 1.165) is 40.6 Å². The van der Waals surface area contributed by atoms with Gasteiger partial charge in [-0.3, -0.25) is 19.7 Å². The average Bonchev–Trinajstić information content (AvgIpc) is 3.43. The lowest BCUT2D eigenvalue weighted by atomic mass is 10.1. The summed E-state index contributed by atoms with van der Waals surface area (Å²) >= 11 is 0. The van der Waals surface area contributed by atoms with E-state index in [4.69, 9.17) is 4.74 Å². The summed E-state index contributed by atoms with van der Waals surface area (Å²) in [5.74, 6) is 0.321. The van der Waals surface area contributed by atoms with E-state index in [-0.39, 0.29) is 24.0 Å². The average molecular weight is 569 g/mol. The number of nitro groups is 1. The molecule has 2 amide bonds. The third-order valence-electron chi connectivity index (χ3n) is 7.15. The van der Waals surface area contributed by atoms with Crippen molar-refractivity contribution in [2.45, 2.75) is 32.7 Å². The Morgan fingerprint density at radius 3 is 2.40 bits per heavy atom. The van der Waals surface area contributed by atoms with E-state index in [1.807, 2.05) is 55.6 Å². The minimum atomic E-state index is -0.465. The standard InChI is InChI=1S/C33H36N4O5/c1-3-4-20-35(32(38)18-13-25-9-14-28(15-10-25)37(40)41)24-33(39)36(23-26-11-16-29(42-2)17-12-26)21-19-27-22-34-31-8-6-5-7-30(27)31/h5-18,22,34H,3-4,19-21,23-24H2,1-2H3. The van der Waals surface area contributed by atoms with Crippen LogP contribution >= 0.6 is 0 Å². The predicted molar refractivity (Wildman–Crippen MR) is 164 cm³/mol. The minimum Gasteiger partial charge on any atom is -0.497 e. The molecule has 0 atom stereocenters. The van der Waals surface area contributed by atoms with Crippen LogP contribution in [-0.4, -0.2) is 58.3 Å². The van der Waals surface area contributed by atoms with Crippen molar-refractivity contribution in [3.63, 3.8) is 0 Å². The van der Waals surface area contributed by atoms with Gasteiger partial charge in [0.1, 0.15) is 12.3 Å². The van der Waals surface area contributed by atoms with Crippen molar-refractivity contribution in [2.75, 3.05) is 26.7 Å². The second kappa shape index (κ2) is 14.6. The maximum absolute atomic E-state index is 13.8. The quantitative estimate of drug-likeness (QED) is 0.114. The van der Waals surface area contributed by atoms with E-state index < -0.39 is 4.92 Å². The molecule has 1 heterocycles. The third-order valence-corrected chi connectivity index (χ3v) is 7.15. The number of hydrogen-bond donors (Lipinski definition) is 1. The Morgan fingerprint density at radius 2 is 1.71 bits per heavy atom. The number of nitro benzene ring substituents is 1. The molecule has 3 aromatic carbocycles. The van der Waals surface area contributed by atoms with Gasteiger partial charge in [0.05, 0.1) is 12.0 Å². The number of non-ortho nitro benzene ring substituents is 1. The van der Waals surface area contributed by atoms with Crippen LogP contribution in [0.1, 0.15) is 36.5 Å². The van der Waals surface area contributed by atoms with Crippen LogP contribution in [0, 0.1) is 10.1 Å². The second-order valence-corrected chi connectivity index (χ2v) is 10.1. The number of para-hydroxylation sites is 1. The zero-order valence-electron chi connectivity index (χ0n) is 24.0. The van der Waals surface area contributed by atoms with E-state index in [1.54, 1.807) is 35.1 Å². The van der Waals surface area contributed by atoms with Gasteiger partial charge in [0.25, 0.3) is 5.69 Å². The van der Waals surface area contributed by atoms with E-state index in [1.165, 1.54) is 18.2 Å². The maximum atomic E-state index is 13.8. The fourth-order valence-electron chi connectivity index (χ4n) is 4.70.